The van der Waals surface area contributed by atoms with E-state index in [0.717, 1.165) is 70.9 Å². The fraction of sp³-hybridized carbons (Fsp3) is 0.821. The number of aryl methyl sites for hydroxylation is 1. The number of rotatable bonds is 21. The molecule has 1 aliphatic rings. The lowest BCUT2D eigenvalue weighted by Gasteiger charge is -2.26. The van der Waals surface area contributed by atoms with E-state index < -0.39 is 12.0 Å². The van der Waals surface area contributed by atoms with Crippen molar-refractivity contribution in [1.82, 2.24) is 25.2 Å². The normalized spacial score (nSPS) is 14.4. The van der Waals surface area contributed by atoms with Crippen molar-refractivity contribution in [2.24, 2.45) is 5.73 Å². The molecule has 38 heavy (non-hydrogen) atoms. The van der Waals surface area contributed by atoms with E-state index in [4.69, 9.17) is 10.8 Å². The van der Waals surface area contributed by atoms with Gasteiger partial charge in [-0.15, -0.1) is 5.10 Å². The van der Waals surface area contributed by atoms with E-state index in [2.05, 4.69) is 15.6 Å². The predicted molar refractivity (Wildman–Crippen MR) is 148 cm³/mol. The average molecular weight is 535 g/mol. The van der Waals surface area contributed by atoms with Crippen LogP contribution in [0.15, 0.2) is 6.20 Å². The number of hydrogen-bond acceptors (Lipinski definition) is 6. The molecule has 0 radical (unpaired) electrons. The lowest BCUT2D eigenvalue weighted by atomic mass is 10.1. The van der Waals surface area contributed by atoms with Crippen molar-refractivity contribution in [1.29, 1.82) is 0 Å². The van der Waals surface area contributed by atoms with Gasteiger partial charge in [-0.2, -0.15) is 0 Å². The van der Waals surface area contributed by atoms with Gasteiger partial charge in [0.15, 0.2) is 0 Å². The van der Waals surface area contributed by atoms with Crippen LogP contribution < -0.4 is 11.1 Å². The van der Waals surface area contributed by atoms with Gasteiger partial charge in [-0.1, -0.05) is 43.7 Å². The highest BCUT2D eigenvalue weighted by molar-refractivity contribution is 5.80. The number of amides is 2. The molecule has 0 bridgehead atoms. The van der Waals surface area contributed by atoms with Gasteiger partial charge in [-0.25, -0.2) is 4.68 Å². The van der Waals surface area contributed by atoms with Crippen LogP contribution in [0.4, 0.5) is 0 Å². The van der Waals surface area contributed by atoms with E-state index in [1.807, 2.05) is 4.90 Å². The van der Waals surface area contributed by atoms with Crippen LogP contribution in [-0.2, 0) is 20.8 Å². The maximum Gasteiger partial charge on any atom is 0.303 e. The van der Waals surface area contributed by atoms with E-state index in [1.165, 1.54) is 25.7 Å². The molecule has 0 spiro atoms. The highest BCUT2D eigenvalue weighted by Gasteiger charge is 2.21. The molecule has 0 aliphatic carbocycles. The fourth-order valence-corrected chi connectivity index (χ4v) is 4.96. The second-order valence-corrected chi connectivity index (χ2v) is 10.5. The van der Waals surface area contributed by atoms with Gasteiger partial charge in [0.25, 0.3) is 0 Å². The topological polar surface area (TPSA) is 143 Å². The van der Waals surface area contributed by atoms with E-state index in [9.17, 15) is 14.4 Å². The Hall–Kier alpha value is -2.49. The van der Waals surface area contributed by atoms with Gasteiger partial charge in [0.1, 0.15) is 6.04 Å². The van der Waals surface area contributed by atoms with Crippen LogP contribution in [0.2, 0.25) is 0 Å². The van der Waals surface area contributed by atoms with E-state index in [1.54, 1.807) is 10.9 Å². The fourth-order valence-electron chi connectivity index (χ4n) is 4.96. The molecule has 1 fully saturated rings. The van der Waals surface area contributed by atoms with Gasteiger partial charge in [-0.05, 0) is 70.8 Å². The van der Waals surface area contributed by atoms with Crippen molar-refractivity contribution >= 4 is 17.8 Å². The summed E-state index contributed by atoms with van der Waals surface area (Å²) < 4.78 is 1.61. The number of aliphatic carboxylic acids is 1. The summed E-state index contributed by atoms with van der Waals surface area (Å²) in [5, 5.41) is 20.2. The zero-order chi connectivity index (χ0) is 27.4. The summed E-state index contributed by atoms with van der Waals surface area (Å²) in [6, 6.07) is -0.427. The summed E-state index contributed by atoms with van der Waals surface area (Å²) in [7, 11) is 0. The predicted octanol–water partition coefficient (Wildman–Crippen LogP) is 4.00. The highest BCUT2D eigenvalue weighted by Crippen LogP contribution is 2.16. The summed E-state index contributed by atoms with van der Waals surface area (Å²) in [4.78, 5) is 37.9. The van der Waals surface area contributed by atoms with E-state index in [0.29, 0.717) is 50.4 Å². The molecule has 4 N–H and O–H groups in total. The Morgan fingerprint density at radius 1 is 0.895 bits per heavy atom. The first-order valence-corrected chi connectivity index (χ1v) is 14.9. The molecule has 1 atom stereocenters. The second kappa shape index (κ2) is 19.6. The minimum Gasteiger partial charge on any atom is -0.481 e. The smallest absolute Gasteiger partial charge is 0.303 e. The Balaban J connectivity index is 1.56. The third kappa shape index (κ3) is 13.3. The van der Waals surface area contributed by atoms with Crippen LogP contribution in [0.1, 0.15) is 121 Å². The van der Waals surface area contributed by atoms with Gasteiger partial charge in [0.05, 0.1) is 5.69 Å². The summed E-state index contributed by atoms with van der Waals surface area (Å²) in [5.41, 5.74) is 6.33. The largest absolute Gasteiger partial charge is 0.481 e. The molecule has 1 aromatic rings. The van der Waals surface area contributed by atoms with Gasteiger partial charge in [-0.3, -0.25) is 14.4 Å². The number of piperidine rings is 1. The molecule has 0 saturated carbocycles. The number of nitrogens with one attached hydrogen (secondary N) is 1. The number of unbranched alkanes of at least 4 members (excludes halogenated alkanes) is 8. The van der Waals surface area contributed by atoms with E-state index in [-0.39, 0.29) is 12.3 Å². The molecule has 0 unspecified atom stereocenters. The first kappa shape index (κ1) is 31.7. The number of likely N-dealkylation sites (tertiary alicyclic amines) is 1. The molecular formula is C28H50N6O4. The molecule has 0 aromatic carbocycles. The molecule has 2 amide bonds. The van der Waals surface area contributed by atoms with Crippen LogP contribution in [-0.4, -0.2) is 69.0 Å². The number of nitrogens with two attached hydrogens (primary N) is 1. The van der Waals surface area contributed by atoms with Gasteiger partial charge in [0.2, 0.25) is 11.8 Å². The average Bonchev–Trinajstić information content (AvgIpc) is 3.38. The molecular weight excluding hydrogens is 484 g/mol. The number of hydrogen-bond donors (Lipinski definition) is 3. The maximum atomic E-state index is 12.9. The van der Waals surface area contributed by atoms with Gasteiger partial charge < -0.3 is 21.1 Å². The quantitative estimate of drug-likeness (QED) is 0.202. The van der Waals surface area contributed by atoms with Crippen LogP contribution >= 0.6 is 0 Å². The molecule has 2 heterocycles. The summed E-state index contributed by atoms with van der Waals surface area (Å²) in [5.74, 6) is -0.538. The minimum absolute atomic E-state index is 0.0527. The first-order chi connectivity index (χ1) is 18.5. The Morgan fingerprint density at radius 2 is 1.58 bits per heavy atom. The number of carboxylic acid groups (broad SMARTS) is 1. The van der Waals surface area contributed by atoms with Gasteiger partial charge >= 0.3 is 5.97 Å². The molecule has 2 rings (SSSR count). The van der Waals surface area contributed by atoms with Crippen molar-refractivity contribution in [2.45, 2.75) is 122 Å². The molecule has 10 nitrogen and oxygen atoms in total. The van der Waals surface area contributed by atoms with Crippen LogP contribution in [0.3, 0.4) is 0 Å². The number of carboxylic acids is 1. The molecule has 1 saturated heterocycles. The maximum absolute atomic E-state index is 12.9. The third-order valence-electron chi connectivity index (χ3n) is 7.26. The van der Waals surface area contributed by atoms with Crippen molar-refractivity contribution < 1.29 is 19.5 Å². The van der Waals surface area contributed by atoms with Gasteiger partial charge in [0, 0.05) is 38.7 Å². The van der Waals surface area contributed by atoms with Crippen LogP contribution in [0, 0.1) is 0 Å². The van der Waals surface area contributed by atoms with Crippen molar-refractivity contribution in [3.05, 3.63) is 11.9 Å². The van der Waals surface area contributed by atoms with E-state index >= 15 is 0 Å². The summed E-state index contributed by atoms with van der Waals surface area (Å²) in [6.07, 6.45) is 18.4. The number of nitrogens with zero attached hydrogens (tertiary/aromatic N) is 4. The van der Waals surface area contributed by atoms with Crippen molar-refractivity contribution in [2.75, 3.05) is 26.2 Å². The SMILES string of the molecule is NCCCC[C@@H](C(=O)NCCCCCCCCCCC(=O)N1CCCCC1)n1cc(CCCC(=O)O)nn1. The Labute approximate surface area is 228 Å². The van der Waals surface area contributed by atoms with Crippen molar-refractivity contribution in [3.63, 3.8) is 0 Å². The standard InChI is InChI=1S/C28H50N6O4/c29-19-10-9-16-25(34-23-24(31-32-34)15-14-18-27(36)37)28(38)30-20-11-6-4-2-1-3-5-8-17-26(35)33-21-12-7-13-22-33/h23,25H,1-22,29H2,(H,30,38)(H,36,37)/t25-/m0/s1. The Morgan fingerprint density at radius 3 is 2.26 bits per heavy atom. The zero-order valence-corrected chi connectivity index (χ0v) is 23.2. The first-order valence-electron chi connectivity index (χ1n) is 14.9. The highest BCUT2D eigenvalue weighted by atomic mass is 16.4. The zero-order valence-electron chi connectivity index (χ0n) is 23.2. The summed E-state index contributed by atoms with van der Waals surface area (Å²) in [6.45, 7) is 3.13. The monoisotopic (exact) mass is 534 g/mol. The molecule has 10 heteroatoms. The number of aromatic nitrogens is 3. The lowest BCUT2D eigenvalue weighted by Crippen LogP contribution is -2.35. The van der Waals surface area contributed by atoms with Crippen LogP contribution in [0.25, 0.3) is 0 Å². The lowest BCUT2D eigenvalue weighted by molar-refractivity contribution is -0.137. The minimum atomic E-state index is -0.826. The van der Waals surface area contributed by atoms with Crippen LogP contribution in [0.5, 0.6) is 0 Å². The number of carbonyl (C=O) groups excluding carboxylic acids is 2. The molecule has 1 aromatic heterocycles. The number of carbonyl (C=O) groups is 3. The molecule has 1 aliphatic heterocycles. The Bertz CT molecular complexity index is 809. The second-order valence-electron chi connectivity index (χ2n) is 10.5. The molecule has 216 valence electrons. The third-order valence-corrected chi connectivity index (χ3v) is 7.26. The summed E-state index contributed by atoms with van der Waals surface area (Å²) >= 11 is 0. The van der Waals surface area contributed by atoms with Crippen molar-refractivity contribution in [3.8, 4) is 0 Å². The Kier molecular flexibility index (Phi) is 16.3.